The van der Waals surface area contributed by atoms with Crippen LogP contribution in [0.25, 0.3) is 21.0 Å². The van der Waals surface area contributed by atoms with Gasteiger partial charge in [0.2, 0.25) is 5.88 Å². The minimum absolute atomic E-state index is 0.00184. The number of carbonyl (C=O) groups excluding carboxylic acids is 1. The van der Waals surface area contributed by atoms with Gasteiger partial charge in [0.05, 0.1) is 23.5 Å². The standard InChI is InChI=1S/C21H16N2O2S/c24-21(19-11-15-6-2-4-8-18(15)26-19)23-12-16(13-23)25-20-10-9-14-5-1-3-7-17(14)22-20/h1-11,16H,12-13H2. The molecule has 2 aromatic heterocycles. The predicted molar refractivity (Wildman–Crippen MR) is 104 cm³/mol. The summed E-state index contributed by atoms with van der Waals surface area (Å²) in [5.74, 6) is 0.695. The molecule has 2 aromatic carbocycles. The highest BCUT2D eigenvalue weighted by Crippen LogP contribution is 2.28. The molecule has 128 valence electrons. The van der Waals surface area contributed by atoms with Crippen molar-refractivity contribution < 1.29 is 9.53 Å². The fraction of sp³-hybridized carbons (Fsp3) is 0.143. The second kappa shape index (κ2) is 6.11. The van der Waals surface area contributed by atoms with E-state index in [9.17, 15) is 4.79 Å². The van der Waals surface area contributed by atoms with Crippen LogP contribution < -0.4 is 4.74 Å². The van der Waals surface area contributed by atoms with Crippen LogP contribution in [0.4, 0.5) is 0 Å². The van der Waals surface area contributed by atoms with Gasteiger partial charge in [-0.2, -0.15) is 0 Å². The third-order valence-corrected chi connectivity index (χ3v) is 5.74. The van der Waals surface area contributed by atoms with Crippen LogP contribution in [0.1, 0.15) is 9.67 Å². The number of hydrogen-bond acceptors (Lipinski definition) is 4. The maximum Gasteiger partial charge on any atom is 0.264 e. The van der Waals surface area contributed by atoms with E-state index < -0.39 is 0 Å². The number of hydrogen-bond donors (Lipinski definition) is 0. The molecule has 5 heteroatoms. The number of thiophene rings is 1. The fourth-order valence-electron chi connectivity index (χ4n) is 3.21. The number of carbonyl (C=O) groups is 1. The van der Waals surface area contributed by atoms with Crippen molar-refractivity contribution in [3.8, 4) is 5.88 Å². The molecule has 1 fully saturated rings. The number of rotatable bonds is 3. The Morgan fingerprint density at radius 1 is 1.00 bits per heavy atom. The molecule has 26 heavy (non-hydrogen) atoms. The van der Waals surface area contributed by atoms with Gasteiger partial charge in [0.25, 0.3) is 5.91 Å². The van der Waals surface area contributed by atoms with E-state index in [1.165, 1.54) is 0 Å². The van der Waals surface area contributed by atoms with Gasteiger partial charge in [0, 0.05) is 16.2 Å². The molecule has 3 heterocycles. The van der Waals surface area contributed by atoms with E-state index in [0.717, 1.165) is 25.9 Å². The van der Waals surface area contributed by atoms with Crippen LogP contribution in [0.2, 0.25) is 0 Å². The van der Waals surface area contributed by atoms with Crippen molar-refractivity contribution in [3.05, 3.63) is 71.6 Å². The number of para-hydroxylation sites is 1. The summed E-state index contributed by atoms with van der Waals surface area (Å²) in [5, 5.41) is 2.21. The summed E-state index contributed by atoms with van der Waals surface area (Å²) >= 11 is 1.55. The minimum Gasteiger partial charge on any atom is -0.471 e. The van der Waals surface area contributed by atoms with Crippen molar-refractivity contribution in [2.24, 2.45) is 0 Å². The molecule has 1 amide bonds. The van der Waals surface area contributed by atoms with Crippen LogP contribution in [0.5, 0.6) is 5.88 Å². The van der Waals surface area contributed by atoms with Gasteiger partial charge in [-0.05, 0) is 29.7 Å². The summed E-state index contributed by atoms with van der Waals surface area (Å²) in [6.07, 6.45) is 0.00184. The Balaban J connectivity index is 1.25. The molecule has 1 saturated heterocycles. The second-order valence-electron chi connectivity index (χ2n) is 6.44. The maximum absolute atomic E-state index is 12.6. The van der Waals surface area contributed by atoms with Gasteiger partial charge in [-0.15, -0.1) is 11.3 Å². The Labute approximate surface area is 154 Å². The number of benzene rings is 2. The zero-order valence-electron chi connectivity index (χ0n) is 14.0. The first-order valence-electron chi connectivity index (χ1n) is 8.56. The summed E-state index contributed by atoms with van der Waals surface area (Å²) in [7, 11) is 0. The van der Waals surface area contributed by atoms with Crippen LogP contribution in [0, 0.1) is 0 Å². The van der Waals surface area contributed by atoms with Gasteiger partial charge in [-0.1, -0.05) is 36.4 Å². The smallest absolute Gasteiger partial charge is 0.264 e. The molecule has 0 saturated carbocycles. The third-order valence-electron chi connectivity index (χ3n) is 4.63. The third kappa shape index (κ3) is 2.70. The largest absolute Gasteiger partial charge is 0.471 e. The van der Waals surface area contributed by atoms with Crippen LogP contribution in [0.3, 0.4) is 0 Å². The van der Waals surface area contributed by atoms with Crippen LogP contribution in [-0.4, -0.2) is 35.0 Å². The van der Waals surface area contributed by atoms with Gasteiger partial charge in [-0.25, -0.2) is 4.98 Å². The molecule has 1 aliphatic rings. The summed E-state index contributed by atoms with van der Waals surface area (Å²) < 4.78 is 7.08. The van der Waals surface area contributed by atoms with Crippen molar-refractivity contribution in [1.29, 1.82) is 0 Å². The SMILES string of the molecule is O=C(c1cc2ccccc2s1)N1CC(Oc2ccc3ccccc3n2)C1. The topological polar surface area (TPSA) is 42.4 Å². The van der Waals surface area contributed by atoms with Gasteiger partial charge in [0.15, 0.2) is 0 Å². The van der Waals surface area contributed by atoms with E-state index >= 15 is 0 Å². The fourth-order valence-corrected chi connectivity index (χ4v) is 4.24. The maximum atomic E-state index is 12.6. The summed E-state index contributed by atoms with van der Waals surface area (Å²) in [6.45, 7) is 1.20. The molecule has 1 aliphatic heterocycles. The molecule has 0 atom stereocenters. The van der Waals surface area contributed by atoms with Gasteiger partial charge in [0.1, 0.15) is 6.10 Å². The van der Waals surface area contributed by atoms with Gasteiger partial charge < -0.3 is 9.64 Å². The Bertz CT molecular complexity index is 1080. The van der Waals surface area contributed by atoms with Gasteiger partial charge >= 0.3 is 0 Å². The number of aromatic nitrogens is 1. The molecule has 0 unspecified atom stereocenters. The number of ether oxygens (including phenoxy) is 1. The molecule has 5 rings (SSSR count). The Morgan fingerprint density at radius 3 is 2.62 bits per heavy atom. The minimum atomic E-state index is 0.00184. The number of likely N-dealkylation sites (tertiary alicyclic amines) is 1. The van der Waals surface area contributed by atoms with Crippen molar-refractivity contribution in [3.63, 3.8) is 0 Å². The zero-order valence-corrected chi connectivity index (χ0v) is 14.8. The molecule has 0 radical (unpaired) electrons. The Morgan fingerprint density at radius 2 is 1.77 bits per heavy atom. The van der Waals surface area contributed by atoms with Crippen LogP contribution in [-0.2, 0) is 0 Å². The molecule has 0 bridgehead atoms. The zero-order chi connectivity index (χ0) is 17.5. The molecule has 0 N–H and O–H groups in total. The molecule has 4 aromatic rings. The lowest BCUT2D eigenvalue weighted by Gasteiger charge is -2.38. The van der Waals surface area contributed by atoms with Crippen molar-refractivity contribution in [2.45, 2.75) is 6.10 Å². The first-order chi connectivity index (χ1) is 12.8. The molecule has 0 spiro atoms. The highest BCUT2D eigenvalue weighted by molar-refractivity contribution is 7.20. The summed E-state index contributed by atoms with van der Waals surface area (Å²) in [4.78, 5) is 19.8. The highest BCUT2D eigenvalue weighted by atomic mass is 32.1. The first-order valence-corrected chi connectivity index (χ1v) is 9.38. The normalized spacial score (nSPS) is 14.5. The molecular weight excluding hydrogens is 344 g/mol. The van der Waals surface area contributed by atoms with Gasteiger partial charge in [-0.3, -0.25) is 4.79 Å². The number of fused-ring (bicyclic) bond motifs is 2. The Hall–Kier alpha value is -2.92. The lowest BCUT2D eigenvalue weighted by Crippen LogP contribution is -2.56. The van der Waals surface area contributed by atoms with Crippen LogP contribution in [0.15, 0.2) is 66.7 Å². The predicted octanol–water partition coefficient (Wildman–Crippen LogP) is 4.35. The van der Waals surface area contributed by atoms with Crippen LogP contribution >= 0.6 is 11.3 Å². The number of amides is 1. The summed E-state index contributed by atoms with van der Waals surface area (Å²) in [5.41, 5.74) is 0.919. The monoisotopic (exact) mass is 360 g/mol. The quantitative estimate of drug-likeness (QED) is 0.545. The second-order valence-corrected chi connectivity index (χ2v) is 7.52. The Kier molecular flexibility index (Phi) is 3.60. The summed E-state index contributed by atoms with van der Waals surface area (Å²) in [6, 6.07) is 21.9. The molecule has 4 nitrogen and oxygen atoms in total. The number of nitrogens with zero attached hydrogens (tertiary/aromatic N) is 2. The van der Waals surface area contributed by atoms with E-state index in [4.69, 9.17) is 4.74 Å². The average Bonchev–Trinajstić information content (AvgIpc) is 3.08. The lowest BCUT2D eigenvalue weighted by atomic mass is 10.1. The highest BCUT2D eigenvalue weighted by Gasteiger charge is 2.33. The van der Waals surface area contributed by atoms with Crippen molar-refractivity contribution >= 4 is 38.2 Å². The van der Waals surface area contributed by atoms with Crippen molar-refractivity contribution in [1.82, 2.24) is 9.88 Å². The molecular formula is C21H16N2O2S. The number of pyridine rings is 1. The van der Waals surface area contributed by atoms with E-state index in [1.807, 2.05) is 71.6 Å². The molecule has 0 aliphatic carbocycles. The lowest BCUT2D eigenvalue weighted by molar-refractivity contribution is 0.0165. The van der Waals surface area contributed by atoms with E-state index in [-0.39, 0.29) is 12.0 Å². The van der Waals surface area contributed by atoms with E-state index in [0.29, 0.717) is 19.0 Å². The first kappa shape index (κ1) is 15.3. The van der Waals surface area contributed by atoms with Crippen molar-refractivity contribution in [2.75, 3.05) is 13.1 Å². The average molecular weight is 360 g/mol. The van der Waals surface area contributed by atoms with E-state index in [1.54, 1.807) is 11.3 Å². The van der Waals surface area contributed by atoms with E-state index in [2.05, 4.69) is 4.98 Å².